The smallest absolute Gasteiger partial charge is 0.255 e. The molecule has 2 fully saturated rings. The molecule has 2 aliphatic heterocycles. The fraction of sp³-hybridized carbons (Fsp3) is 0.409. The third-order valence-corrected chi connectivity index (χ3v) is 7.89. The molecule has 166 valence electrons. The molecule has 0 N–H and O–H groups in total. The predicted octanol–water partition coefficient (Wildman–Crippen LogP) is 2.32. The molecule has 31 heavy (non-hydrogen) atoms. The summed E-state index contributed by atoms with van der Waals surface area (Å²) in [7, 11) is -3.75. The van der Waals surface area contributed by atoms with Crippen LogP contribution in [0.2, 0.25) is 5.02 Å². The standard InChI is InChI=1S/C22H26ClN3O4S/c23-19-7-5-18(6-8-19)17-24-9-11-25(12-10-24)22(27)20-3-1-2-4-21(20)31(28,29)26-13-15-30-16-14-26/h1-8H,9-17H2. The molecule has 0 aromatic heterocycles. The SMILES string of the molecule is O=C(c1ccccc1S(=O)(=O)N1CCOCC1)N1CCN(Cc2ccc(Cl)cc2)CC1. The summed E-state index contributed by atoms with van der Waals surface area (Å²) in [5.41, 5.74) is 1.41. The first-order chi connectivity index (χ1) is 14.9. The van der Waals surface area contributed by atoms with Gasteiger partial charge in [-0.05, 0) is 29.8 Å². The lowest BCUT2D eigenvalue weighted by Crippen LogP contribution is -2.48. The molecule has 0 saturated carbocycles. The van der Waals surface area contributed by atoms with Crippen molar-refractivity contribution in [1.82, 2.24) is 14.1 Å². The van der Waals surface area contributed by atoms with Crippen LogP contribution >= 0.6 is 11.6 Å². The number of carbonyl (C=O) groups excluding carboxylic acids is 1. The quantitative estimate of drug-likeness (QED) is 0.680. The van der Waals surface area contributed by atoms with E-state index in [1.54, 1.807) is 23.1 Å². The minimum atomic E-state index is -3.75. The molecular formula is C22H26ClN3O4S. The Kier molecular flexibility index (Phi) is 6.93. The average molecular weight is 464 g/mol. The summed E-state index contributed by atoms with van der Waals surface area (Å²) in [5.74, 6) is -0.237. The molecule has 0 unspecified atom stereocenters. The van der Waals surface area contributed by atoms with Gasteiger partial charge in [0.15, 0.2) is 0 Å². The minimum absolute atomic E-state index is 0.0745. The molecule has 4 rings (SSSR count). The molecule has 0 aliphatic carbocycles. The Bertz CT molecular complexity index is 1020. The fourth-order valence-electron chi connectivity index (χ4n) is 3.92. The number of sulfonamides is 1. The Morgan fingerprint density at radius 1 is 0.903 bits per heavy atom. The van der Waals surface area contributed by atoms with Crippen LogP contribution in [0.3, 0.4) is 0 Å². The maximum Gasteiger partial charge on any atom is 0.255 e. The molecule has 2 aromatic rings. The van der Waals surface area contributed by atoms with Crippen molar-refractivity contribution in [3.05, 3.63) is 64.7 Å². The first kappa shape index (κ1) is 22.2. The van der Waals surface area contributed by atoms with Gasteiger partial charge in [0.2, 0.25) is 10.0 Å². The second kappa shape index (κ2) is 9.67. The number of hydrogen-bond donors (Lipinski definition) is 0. The zero-order chi connectivity index (χ0) is 21.8. The number of ether oxygens (including phenoxy) is 1. The first-order valence-corrected chi connectivity index (χ1v) is 12.2. The van der Waals surface area contributed by atoms with Gasteiger partial charge in [-0.15, -0.1) is 0 Å². The van der Waals surface area contributed by atoms with Crippen LogP contribution < -0.4 is 0 Å². The van der Waals surface area contributed by atoms with Crippen molar-refractivity contribution in [3.63, 3.8) is 0 Å². The van der Waals surface area contributed by atoms with Gasteiger partial charge in [0, 0.05) is 50.8 Å². The number of halogens is 1. The summed E-state index contributed by atoms with van der Waals surface area (Å²) in [6.45, 7) is 4.69. The normalized spacial score (nSPS) is 18.8. The summed E-state index contributed by atoms with van der Waals surface area (Å²) in [5, 5.41) is 0.713. The number of hydrogen-bond acceptors (Lipinski definition) is 5. The number of morpholine rings is 1. The van der Waals surface area contributed by atoms with Crippen LogP contribution in [-0.4, -0.2) is 80.9 Å². The summed E-state index contributed by atoms with van der Waals surface area (Å²) >= 11 is 5.95. The monoisotopic (exact) mass is 463 g/mol. The van der Waals surface area contributed by atoms with Gasteiger partial charge >= 0.3 is 0 Å². The summed E-state index contributed by atoms with van der Waals surface area (Å²) in [6, 6.07) is 14.3. The molecule has 1 amide bonds. The van der Waals surface area contributed by atoms with Crippen molar-refractivity contribution in [2.24, 2.45) is 0 Å². The van der Waals surface area contributed by atoms with E-state index >= 15 is 0 Å². The van der Waals surface area contributed by atoms with Gasteiger partial charge in [-0.25, -0.2) is 8.42 Å². The Morgan fingerprint density at radius 2 is 1.55 bits per heavy atom. The van der Waals surface area contributed by atoms with E-state index in [0.29, 0.717) is 44.4 Å². The highest BCUT2D eigenvalue weighted by atomic mass is 35.5. The molecule has 0 radical (unpaired) electrons. The molecule has 2 aromatic carbocycles. The van der Waals surface area contributed by atoms with Gasteiger partial charge in [0.1, 0.15) is 0 Å². The maximum absolute atomic E-state index is 13.2. The molecule has 0 spiro atoms. The topological polar surface area (TPSA) is 70.2 Å². The van der Waals surface area contributed by atoms with Crippen molar-refractivity contribution < 1.29 is 17.9 Å². The van der Waals surface area contributed by atoms with E-state index in [1.165, 1.54) is 15.9 Å². The molecular weight excluding hydrogens is 438 g/mol. The number of carbonyl (C=O) groups is 1. The zero-order valence-electron chi connectivity index (χ0n) is 17.2. The van der Waals surface area contributed by atoms with Crippen LogP contribution in [0.15, 0.2) is 53.4 Å². The van der Waals surface area contributed by atoms with Crippen molar-refractivity contribution >= 4 is 27.5 Å². The highest BCUT2D eigenvalue weighted by Crippen LogP contribution is 2.23. The predicted molar refractivity (Wildman–Crippen MR) is 119 cm³/mol. The molecule has 2 heterocycles. The molecule has 0 atom stereocenters. The number of benzene rings is 2. The third-order valence-electron chi connectivity index (χ3n) is 5.68. The number of nitrogens with zero attached hydrogens (tertiary/aromatic N) is 3. The molecule has 9 heteroatoms. The minimum Gasteiger partial charge on any atom is -0.379 e. The van der Waals surface area contributed by atoms with Gasteiger partial charge in [-0.2, -0.15) is 4.31 Å². The third kappa shape index (κ3) is 5.10. The Morgan fingerprint density at radius 3 is 2.23 bits per heavy atom. The summed E-state index contributed by atoms with van der Waals surface area (Å²) in [4.78, 5) is 17.3. The van der Waals surface area contributed by atoms with Crippen LogP contribution in [0.25, 0.3) is 0 Å². The van der Waals surface area contributed by atoms with Crippen molar-refractivity contribution in [3.8, 4) is 0 Å². The van der Waals surface area contributed by atoms with E-state index in [4.69, 9.17) is 16.3 Å². The van der Waals surface area contributed by atoms with Crippen molar-refractivity contribution in [2.45, 2.75) is 11.4 Å². The summed E-state index contributed by atoms with van der Waals surface area (Å²) < 4.78 is 33.0. The van der Waals surface area contributed by atoms with E-state index in [-0.39, 0.29) is 16.4 Å². The number of amides is 1. The first-order valence-electron chi connectivity index (χ1n) is 10.4. The van der Waals surface area contributed by atoms with Crippen LogP contribution in [-0.2, 0) is 21.3 Å². The molecule has 2 saturated heterocycles. The van der Waals surface area contributed by atoms with E-state index in [9.17, 15) is 13.2 Å². The highest BCUT2D eigenvalue weighted by molar-refractivity contribution is 7.89. The molecule has 2 aliphatic rings. The van der Waals surface area contributed by atoms with Crippen LogP contribution in [0.4, 0.5) is 0 Å². The lowest BCUT2D eigenvalue weighted by atomic mass is 10.1. The Hall–Kier alpha value is -1.97. The van der Waals surface area contributed by atoms with Gasteiger partial charge in [0.25, 0.3) is 5.91 Å². The van der Waals surface area contributed by atoms with Crippen LogP contribution in [0, 0.1) is 0 Å². The largest absolute Gasteiger partial charge is 0.379 e. The Labute approximate surface area is 188 Å². The lowest BCUT2D eigenvalue weighted by molar-refractivity contribution is 0.0623. The van der Waals surface area contributed by atoms with Gasteiger partial charge in [-0.3, -0.25) is 9.69 Å². The van der Waals surface area contributed by atoms with Gasteiger partial charge in [-0.1, -0.05) is 35.9 Å². The highest BCUT2D eigenvalue weighted by Gasteiger charge is 2.32. The Balaban J connectivity index is 1.44. The maximum atomic E-state index is 13.2. The van der Waals surface area contributed by atoms with Crippen LogP contribution in [0.5, 0.6) is 0 Å². The van der Waals surface area contributed by atoms with E-state index in [0.717, 1.165) is 19.6 Å². The number of rotatable bonds is 5. The van der Waals surface area contributed by atoms with Gasteiger partial charge < -0.3 is 9.64 Å². The second-order valence-corrected chi connectivity index (χ2v) is 10.1. The second-order valence-electron chi connectivity index (χ2n) is 7.71. The number of piperazine rings is 1. The van der Waals surface area contributed by atoms with E-state index < -0.39 is 10.0 Å². The molecule has 0 bridgehead atoms. The van der Waals surface area contributed by atoms with Crippen molar-refractivity contribution in [1.29, 1.82) is 0 Å². The fourth-order valence-corrected chi connectivity index (χ4v) is 5.64. The van der Waals surface area contributed by atoms with E-state index in [2.05, 4.69) is 4.90 Å². The van der Waals surface area contributed by atoms with E-state index in [1.807, 2.05) is 24.3 Å². The molecule has 7 nitrogen and oxygen atoms in total. The average Bonchev–Trinajstić information content (AvgIpc) is 2.81. The zero-order valence-corrected chi connectivity index (χ0v) is 18.8. The van der Waals surface area contributed by atoms with Crippen LogP contribution in [0.1, 0.15) is 15.9 Å². The summed E-state index contributed by atoms with van der Waals surface area (Å²) in [6.07, 6.45) is 0. The lowest BCUT2D eigenvalue weighted by Gasteiger charge is -2.35. The van der Waals surface area contributed by atoms with Gasteiger partial charge in [0.05, 0.1) is 23.7 Å². The van der Waals surface area contributed by atoms with Crippen molar-refractivity contribution in [2.75, 3.05) is 52.5 Å².